The quantitative estimate of drug-likeness (QED) is 0.536. The van der Waals surface area contributed by atoms with Crippen molar-refractivity contribution in [1.82, 2.24) is 0 Å². The van der Waals surface area contributed by atoms with E-state index in [4.69, 9.17) is 4.74 Å². The predicted molar refractivity (Wildman–Crippen MR) is 70.2 cm³/mol. The molecule has 0 amide bonds. The number of carboxylic acid groups (broad SMARTS) is 1. The number of ether oxygens (including phenoxy) is 1. The van der Waals surface area contributed by atoms with Crippen LogP contribution in [0.2, 0.25) is 0 Å². The van der Waals surface area contributed by atoms with Crippen LogP contribution >= 0.6 is 0 Å². The molecule has 0 rings (SSSR count). The molecule has 0 aromatic rings. The normalized spacial score (nSPS) is 11.9. The fourth-order valence-corrected chi connectivity index (χ4v) is 2.24. The summed E-state index contributed by atoms with van der Waals surface area (Å²) in [4.78, 5) is 23.7. The molecule has 18 heavy (non-hydrogen) atoms. The van der Waals surface area contributed by atoms with Crippen molar-refractivity contribution < 1.29 is 19.4 Å². The molecule has 0 aliphatic heterocycles. The lowest BCUT2D eigenvalue weighted by molar-refractivity contribution is -0.171. The first-order chi connectivity index (χ1) is 8.26. The summed E-state index contributed by atoms with van der Waals surface area (Å²) in [5.41, 5.74) is -1.39. The third kappa shape index (κ3) is 4.67. The van der Waals surface area contributed by atoms with Crippen LogP contribution in [-0.2, 0) is 14.3 Å². The van der Waals surface area contributed by atoms with Crippen LogP contribution in [0.1, 0.15) is 53.9 Å². The minimum absolute atomic E-state index is 0.133. The molecular formula is C14H26O4. The topological polar surface area (TPSA) is 63.6 Å². The van der Waals surface area contributed by atoms with Gasteiger partial charge in [-0.2, -0.15) is 0 Å². The van der Waals surface area contributed by atoms with Crippen LogP contribution in [0.15, 0.2) is 0 Å². The van der Waals surface area contributed by atoms with Gasteiger partial charge in [0, 0.05) is 0 Å². The lowest BCUT2D eigenvalue weighted by atomic mass is 9.74. The zero-order chi connectivity index (χ0) is 14.3. The van der Waals surface area contributed by atoms with Gasteiger partial charge in [0.2, 0.25) is 0 Å². The summed E-state index contributed by atoms with van der Waals surface area (Å²) in [7, 11) is 0. The van der Waals surface area contributed by atoms with E-state index in [0.29, 0.717) is 19.3 Å². The third-order valence-corrected chi connectivity index (χ3v) is 2.75. The van der Waals surface area contributed by atoms with E-state index in [-0.39, 0.29) is 18.4 Å². The Labute approximate surface area is 110 Å². The maximum atomic E-state index is 12.1. The highest BCUT2D eigenvalue weighted by molar-refractivity contribution is 5.99. The number of carboxylic acids is 1. The van der Waals surface area contributed by atoms with Gasteiger partial charge in [-0.1, -0.05) is 34.6 Å². The van der Waals surface area contributed by atoms with Gasteiger partial charge in [-0.05, 0) is 31.1 Å². The number of aliphatic carboxylic acids is 1. The van der Waals surface area contributed by atoms with E-state index in [1.54, 1.807) is 0 Å². The van der Waals surface area contributed by atoms with Crippen molar-refractivity contribution in [2.45, 2.75) is 53.9 Å². The minimum Gasteiger partial charge on any atom is -0.480 e. The SMILES string of the molecule is CCCOC(=O)C(CC(C)C)(CC(C)C)C(=O)O. The van der Waals surface area contributed by atoms with E-state index in [0.717, 1.165) is 0 Å². The standard InChI is InChI=1S/C14H26O4/c1-6-7-18-13(17)14(12(15)16,8-10(2)3)9-11(4)5/h10-11H,6-9H2,1-5H3,(H,15,16). The number of carbonyl (C=O) groups excluding carboxylic acids is 1. The molecule has 0 aromatic heterocycles. The van der Waals surface area contributed by atoms with Gasteiger partial charge in [0.15, 0.2) is 5.41 Å². The Morgan fingerprint density at radius 1 is 1.11 bits per heavy atom. The van der Waals surface area contributed by atoms with Gasteiger partial charge in [0.25, 0.3) is 0 Å². The number of hydrogen-bond acceptors (Lipinski definition) is 3. The Morgan fingerprint density at radius 3 is 1.83 bits per heavy atom. The lowest BCUT2D eigenvalue weighted by Crippen LogP contribution is -2.43. The van der Waals surface area contributed by atoms with Gasteiger partial charge in [-0.15, -0.1) is 0 Å². The molecule has 0 spiro atoms. The van der Waals surface area contributed by atoms with E-state index in [2.05, 4.69) is 0 Å². The monoisotopic (exact) mass is 258 g/mol. The van der Waals surface area contributed by atoms with Crippen LogP contribution in [0.5, 0.6) is 0 Å². The lowest BCUT2D eigenvalue weighted by Gasteiger charge is -2.30. The molecule has 4 heteroatoms. The molecule has 0 atom stereocenters. The number of carbonyl (C=O) groups is 2. The molecule has 0 bridgehead atoms. The van der Waals surface area contributed by atoms with Gasteiger partial charge in [0.1, 0.15) is 0 Å². The minimum atomic E-state index is -1.39. The smallest absolute Gasteiger partial charge is 0.323 e. The van der Waals surface area contributed by atoms with Gasteiger partial charge in [-0.25, -0.2) is 0 Å². The molecule has 0 heterocycles. The van der Waals surface area contributed by atoms with Crippen LogP contribution in [0.4, 0.5) is 0 Å². The molecule has 106 valence electrons. The highest BCUT2D eigenvalue weighted by atomic mass is 16.5. The van der Waals surface area contributed by atoms with E-state index in [1.165, 1.54) is 0 Å². The molecule has 4 nitrogen and oxygen atoms in total. The first kappa shape index (κ1) is 16.9. The summed E-state index contributed by atoms with van der Waals surface area (Å²) in [6, 6.07) is 0. The summed E-state index contributed by atoms with van der Waals surface area (Å²) in [6.45, 7) is 9.86. The van der Waals surface area contributed by atoms with Crippen molar-refractivity contribution in [3.8, 4) is 0 Å². The Hall–Kier alpha value is -1.06. The predicted octanol–water partition coefficient (Wildman–Crippen LogP) is 3.10. The zero-order valence-electron chi connectivity index (χ0n) is 12.2. The summed E-state index contributed by atoms with van der Waals surface area (Å²) >= 11 is 0. The zero-order valence-corrected chi connectivity index (χ0v) is 12.2. The second-order valence-corrected chi connectivity index (χ2v) is 5.72. The Morgan fingerprint density at radius 2 is 1.56 bits per heavy atom. The van der Waals surface area contributed by atoms with E-state index in [1.807, 2.05) is 34.6 Å². The van der Waals surface area contributed by atoms with Crippen LogP contribution < -0.4 is 0 Å². The Kier molecular flexibility index (Phi) is 6.96. The number of hydrogen-bond donors (Lipinski definition) is 1. The molecule has 0 aliphatic rings. The second kappa shape index (κ2) is 7.39. The summed E-state index contributed by atoms with van der Waals surface area (Å²) < 4.78 is 5.10. The Balaban J connectivity index is 5.17. The van der Waals surface area contributed by atoms with Crippen molar-refractivity contribution in [2.24, 2.45) is 17.3 Å². The van der Waals surface area contributed by atoms with E-state index >= 15 is 0 Å². The molecule has 0 aliphatic carbocycles. The first-order valence-electron chi connectivity index (χ1n) is 6.66. The summed E-state index contributed by atoms with van der Waals surface area (Å²) in [6.07, 6.45) is 1.34. The van der Waals surface area contributed by atoms with Crippen LogP contribution in [0.25, 0.3) is 0 Å². The van der Waals surface area contributed by atoms with Crippen molar-refractivity contribution in [1.29, 1.82) is 0 Å². The van der Waals surface area contributed by atoms with Crippen molar-refractivity contribution >= 4 is 11.9 Å². The van der Waals surface area contributed by atoms with Crippen LogP contribution in [-0.4, -0.2) is 23.7 Å². The number of rotatable bonds is 8. The summed E-state index contributed by atoms with van der Waals surface area (Å²) in [5, 5.41) is 9.49. The molecule has 0 fully saturated rings. The van der Waals surface area contributed by atoms with Gasteiger partial charge in [-0.3, -0.25) is 9.59 Å². The van der Waals surface area contributed by atoms with Gasteiger partial charge < -0.3 is 9.84 Å². The van der Waals surface area contributed by atoms with Crippen molar-refractivity contribution in [2.75, 3.05) is 6.61 Å². The highest BCUT2D eigenvalue weighted by Crippen LogP contribution is 2.35. The number of esters is 1. The molecule has 0 saturated carbocycles. The molecule has 1 N–H and O–H groups in total. The molecule has 0 unspecified atom stereocenters. The fourth-order valence-electron chi connectivity index (χ4n) is 2.24. The second-order valence-electron chi connectivity index (χ2n) is 5.72. The van der Waals surface area contributed by atoms with E-state index < -0.39 is 17.4 Å². The third-order valence-electron chi connectivity index (χ3n) is 2.75. The average molecular weight is 258 g/mol. The summed E-state index contributed by atoms with van der Waals surface area (Å²) in [5.74, 6) is -1.38. The fraction of sp³-hybridized carbons (Fsp3) is 0.857. The van der Waals surface area contributed by atoms with Gasteiger partial charge >= 0.3 is 11.9 Å². The van der Waals surface area contributed by atoms with Gasteiger partial charge in [0.05, 0.1) is 6.61 Å². The Bertz CT molecular complexity index is 272. The molecule has 0 radical (unpaired) electrons. The largest absolute Gasteiger partial charge is 0.480 e. The molecule has 0 saturated heterocycles. The highest BCUT2D eigenvalue weighted by Gasteiger charge is 2.48. The molecular weight excluding hydrogens is 232 g/mol. The van der Waals surface area contributed by atoms with Crippen LogP contribution in [0.3, 0.4) is 0 Å². The first-order valence-corrected chi connectivity index (χ1v) is 6.66. The maximum Gasteiger partial charge on any atom is 0.323 e. The van der Waals surface area contributed by atoms with Crippen LogP contribution in [0, 0.1) is 17.3 Å². The average Bonchev–Trinajstić information content (AvgIpc) is 2.22. The maximum absolute atomic E-state index is 12.1. The molecule has 0 aromatic carbocycles. The van der Waals surface area contributed by atoms with E-state index in [9.17, 15) is 14.7 Å². The van der Waals surface area contributed by atoms with Crippen molar-refractivity contribution in [3.05, 3.63) is 0 Å². The van der Waals surface area contributed by atoms with Crippen molar-refractivity contribution in [3.63, 3.8) is 0 Å².